The Kier molecular flexibility index (Phi) is 6.41. The van der Waals surface area contributed by atoms with Gasteiger partial charge in [-0.3, -0.25) is 0 Å². The van der Waals surface area contributed by atoms with Gasteiger partial charge >= 0.3 is 0 Å². The zero-order chi connectivity index (χ0) is 16.8. The summed E-state index contributed by atoms with van der Waals surface area (Å²) in [5.74, 6) is 0. The maximum Gasteiger partial charge on any atom is 0.0185 e. The third-order valence-electron chi connectivity index (χ3n) is 4.46. The van der Waals surface area contributed by atoms with Crippen LogP contribution in [0.2, 0.25) is 0 Å². The second-order valence-electron chi connectivity index (χ2n) is 6.30. The fraction of sp³-hybridized carbons (Fsp3) is 0.455. The van der Waals surface area contributed by atoms with Crippen molar-refractivity contribution >= 4 is 0 Å². The predicted octanol–water partition coefficient (Wildman–Crippen LogP) is 6.73. The minimum atomic E-state index is 0.154. The SMILES string of the molecule is CC.CC.CC1(C)CC(C)(c2ccccc2)c2ccccc21. The monoisotopic (exact) mass is 296 g/mol. The molecule has 0 N–H and O–H groups in total. The molecule has 0 bridgehead atoms. The Hall–Kier alpha value is -1.56. The molecule has 2 aromatic rings. The smallest absolute Gasteiger partial charge is 0.0185 e. The van der Waals surface area contributed by atoms with Crippen LogP contribution in [0.1, 0.15) is 71.6 Å². The molecule has 0 amide bonds. The molecule has 1 aliphatic carbocycles. The molecule has 1 unspecified atom stereocenters. The van der Waals surface area contributed by atoms with Crippen molar-refractivity contribution in [1.29, 1.82) is 0 Å². The fourth-order valence-electron chi connectivity index (χ4n) is 3.69. The first kappa shape index (κ1) is 18.5. The van der Waals surface area contributed by atoms with Crippen LogP contribution < -0.4 is 0 Å². The van der Waals surface area contributed by atoms with Crippen molar-refractivity contribution in [3.8, 4) is 0 Å². The summed E-state index contributed by atoms with van der Waals surface area (Å²) in [6.45, 7) is 15.1. The van der Waals surface area contributed by atoms with Crippen molar-refractivity contribution in [3.63, 3.8) is 0 Å². The highest BCUT2D eigenvalue weighted by Gasteiger charge is 2.45. The van der Waals surface area contributed by atoms with Gasteiger partial charge in [-0.1, -0.05) is 103 Å². The van der Waals surface area contributed by atoms with Gasteiger partial charge in [0.2, 0.25) is 0 Å². The lowest BCUT2D eigenvalue weighted by Gasteiger charge is -2.28. The Morgan fingerprint density at radius 1 is 0.636 bits per heavy atom. The molecule has 2 aromatic carbocycles. The molecule has 0 nitrogen and oxygen atoms in total. The molecule has 0 radical (unpaired) electrons. The molecule has 0 aliphatic heterocycles. The zero-order valence-corrected chi connectivity index (χ0v) is 15.4. The van der Waals surface area contributed by atoms with Crippen molar-refractivity contribution in [1.82, 2.24) is 0 Å². The molecule has 1 atom stereocenters. The highest BCUT2D eigenvalue weighted by Crippen LogP contribution is 2.52. The van der Waals surface area contributed by atoms with Gasteiger partial charge in [0.1, 0.15) is 0 Å². The quantitative estimate of drug-likeness (QED) is 0.547. The van der Waals surface area contributed by atoms with E-state index in [0.717, 1.165) is 0 Å². The van der Waals surface area contributed by atoms with Crippen LogP contribution in [-0.2, 0) is 10.8 Å². The van der Waals surface area contributed by atoms with Gasteiger partial charge in [-0.2, -0.15) is 0 Å². The van der Waals surface area contributed by atoms with E-state index < -0.39 is 0 Å². The number of hydrogen-bond acceptors (Lipinski definition) is 0. The summed E-state index contributed by atoms with van der Waals surface area (Å²) >= 11 is 0. The van der Waals surface area contributed by atoms with Gasteiger partial charge in [0.05, 0.1) is 0 Å². The first-order valence-corrected chi connectivity index (χ1v) is 8.70. The van der Waals surface area contributed by atoms with E-state index in [1.165, 1.54) is 23.1 Å². The summed E-state index contributed by atoms with van der Waals surface area (Å²) in [6.07, 6.45) is 1.18. The van der Waals surface area contributed by atoms with Crippen molar-refractivity contribution in [2.24, 2.45) is 0 Å². The maximum atomic E-state index is 2.38. The topological polar surface area (TPSA) is 0 Å². The van der Waals surface area contributed by atoms with Gasteiger partial charge in [0, 0.05) is 5.41 Å². The van der Waals surface area contributed by atoms with Crippen molar-refractivity contribution in [3.05, 3.63) is 71.3 Å². The van der Waals surface area contributed by atoms with Gasteiger partial charge in [-0.15, -0.1) is 0 Å². The van der Waals surface area contributed by atoms with Crippen LogP contribution in [0.15, 0.2) is 54.6 Å². The number of hydrogen-bond donors (Lipinski definition) is 0. The first-order chi connectivity index (χ1) is 10.5. The lowest BCUT2D eigenvalue weighted by Crippen LogP contribution is -2.23. The highest BCUT2D eigenvalue weighted by atomic mass is 14.5. The Labute approximate surface area is 137 Å². The maximum absolute atomic E-state index is 2.38. The minimum Gasteiger partial charge on any atom is -0.0683 e. The van der Waals surface area contributed by atoms with E-state index in [-0.39, 0.29) is 10.8 Å². The molecule has 0 saturated heterocycles. The normalized spacial score (nSPS) is 20.9. The molecule has 1 aliphatic rings. The lowest BCUT2D eigenvalue weighted by atomic mass is 9.75. The van der Waals surface area contributed by atoms with E-state index in [1.807, 2.05) is 27.7 Å². The van der Waals surface area contributed by atoms with E-state index in [2.05, 4.69) is 75.4 Å². The molecule has 22 heavy (non-hydrogen) atoms. The third-order valence-corrected chi connectivity index (χ3v) is 4.46. The number of benzene rings is 2. The van der Waals surface area contributed by atoms with Crippen LogP contribution in [0, 0.1) is 0 Å². The van der Waals surface area contributed by atoms with E-state index in [1.54, 1.807) is 0 Å². The minimum absolute atomic E-state index is 0.154. The molecule has 0 aromatic heterocycles. The molecular formula is C22H32. The average Bonchev–Trinajstić information content (AvgIpc) is 2.80. The molecule has 0 saturated carbocycles. The van der Waals surface area contributed by atoms with Crippen LogP contribution in [0.5, 0.6) is 0 Å². The molecular weight excluding hydrogens is 264 g/mol. The van der Waals surface area contributed by atoms with E-state index in [4.69, 9.17) is 0 Å². The lowest BCUT2D eigenvalue weighted by molar-refractivity contribution is 0.425. The first-order valence-electron chi connectivity index (χ1n) is 8.70. The van der Waals surface area contributed by atoms with Gasteiger partial charge in [0.25, 0.3) is 0 Å². The molecule has 0 heteroatoms. The highest BCUT2D eigenvalue weighted by molar-refractivity contribution is 5.51. The second kappa shape index (κ2) is 7.63. The third kappa shape index (κ3) is 3.27. The van der Waals surface area contributed by atoms with Crippen LogP contribution in [0.25, 0.3) is 0 Å². The molecule has 0 fully saturated rings. The molecule has 120 valence electrons. The van der Waals surface area contributed by atoms with E-state index >= 15 is 0 Å². The summed E-state index contributed by atoms with van der Waals surface area (Å²) in [6, 6.07) is 19.8. The van der Waals surface area contributed by atoms with Gasteiger partial charge in [0.15, 0.2) is 0 Å². The van der Waals surface area contributed by atoms with E-state index in [0.29, 0.717) is 0 Å². The predicted molar refractivity (Wildman–Crippen MR) is 99.7 cm³/mol. The van der Waals surface area contributed by atoms with Crippen LogP contribution in [0.3, 0.4) is 0 Å². The van der Waals surface area contributed by atoms with Crippen LogP contribution in [0.4, 0.5) is 0 Å². The zero-order valence-electron chi connectivity index (χ0n) is 15.4. The Bertz CT molecular complexity index is 566. The summed E-state index contributed by atoms with van der Waals surface area (Å²) in [7, 11) is 0. The number of fused-ring (bicyclic) bond motifs is 1. The summed E-state index contributed by atoms with van der Waals surface area (Å²) in [4.78, 5) is 0. The van der Waals surface area contributed by atoms with Crippen molar-refractivity contribution < 1.29 is 0 Å². The fourth-order valence-corrected chi connectivity index (χ4v) is 3.69. The van der Waals surface area contributed by atoms with Crippen LogP contribution >= 0.6 is 0 Å². The Morgan fingerprint density at radius 3 is 1.64 bits per heavy atom. The molecule has 3 rings (SSSR count). The van der Waals surface area contributed by atoms with Gasteiger partial charge < -0.3 is 0 Å². The second-order valence-corrected chi connectivity index (χ2v) is 6.30. The van der Waals surface area contributed by atoms with Crippen molar-refractivity contribution in [2.45, 2.75) is 65.7 Å². The Balaban J connectivity index is 0.000000561. The van der Waals surface area contributed by atoms with Gasteiger partial charge in [-0.25, -0.2) is 0 Å². The summed E-state index contributed by atoms with van der Waals surface area (Å²) in [5.41, 5.74) is 4.86. The average molecular weight is 296 g/mol. The largest absolute Gasteiger partial charge is 0.0683 e. The Morgan fingerprint density at radius 2 is 1.09 bits per heavy atom. The van der Waals surface area contributed by atoms with Gasteiger partial charge in [-0.05, 0) is 28.5 Å². The van der Waals surface area contributed by atoms with Crippen LogP contribution in [-0.4, -0.2) is 0 Å². The summed E-state index contributed by atoms with van der Waals surface area (Å²) < 4.78 is 0. The van der Waals surface area contributed by atoms with Crippen molar-refractivity contribution in [2.75, 3.05) is 0 Å². The standard InChI is InChI=1S/C18H20.2C2H6/c1-17(2)13-18(3,14-9-5-4-6-10-14)16-12-8-7-11-15(16)17;2*1-2/h4-12H,13H2,1-3H3;2*1-2H3. The molecule has 0 heterocycles. The number of rotatable bonds is 1. The molecule has 0 spiro atoms. The van der Waals surface area contributed by atoms with E-state index in [9.17, 15) is 0 Å². The summed E-state index contributed by atoms with van der Waals surface area (Å²) in [5, 5.41) is 0.